The lowest BCUT2D eigenvalue weighted by molar-refractivity contribution is -0.633. The number of hydrogen-bond acceptors (Lipinski definition) is 0. The van der Waals surface area contributed by atoms with Gasteiger partial charge in [0.1, 0.15) is 14.1 Å². The van der Waals surface area contributed by atoms with Crippen molar-refractivity contribution >= 4 is 21.8 Å². The predicted octanol–water partition coefficient (Wildman–Crippen LogP) is 13.4. The monoisotopic (exact) mass is 799 g/mol. The highest BCUT2D eigenvalue weighted by Gasteiger charge is 2.60. The molecule has 0 aliphatic heterocycles. The molecule has 8 rings (SSSR count). The highest BCUT2D eigenvalue weighted by atomic mass is 19.4. The SMILES string of the molecule is Cc1cc(C)c(C)c(-c2cc3c4c(cccc4[n+]2C)CC(C)(C(F)(F)F)C(C)(C)C3)c1.Cc1cc(C)c(C)c(-c2cc3c4c(cccc4[n+]2C)CC(C)(C)C(C)(C)C3)c1. The van der Waals surface area contributed by atoms with Gasteiger partial charge in [-0.25, -0.2) is 0 Å². The molecule has 2 aliphatic rings. The summed E-state index contributed by atoms with van der Waals surface area (Å²) in [6, 6.07) is 26.3. The normalized spacial score (nSPS) is 19.2. The van der Waals surface area contributed by atoms with Crippen molar-refractivity contribution in [3.8, 4) is 22.5 Å². The molecule has 5 heteroatoms. The molecule has 4 aromatic carbocycles. The summed E-state index contributed by atoms with van der Waals surface area (Å²) in [6.45, 7) is 27.7. The molecule has 2 aliphatic carbocycles. The Balaban J connectivity index is 0.000000180. The molecule has 310 valence electrons. The number of hydrogen-bond donors (Lipinski definition) is 0. The van der Waals surface area contributed by atoms with E-state index in [-0.39, 0.29) is 17.3 Å². The Morgan fingerprint density at radius 2 is 0.847 bits per heavy atom. The third-order valence-electron chi connectivity index (χ3n) is 15.5. The van der Waals surface area contributed by atoms with E-state index in [0.717, 1.165) is 46.1 Å². The van der Waals surface area contributed by atoms with Gasteiger partial charge in [0.25, 0.3) is 0 Å². The van der Waals surface area contributed by atoms with E-state index in [1.807, 2.05) is 25.2 Å². The number of rotatable bonds is 2. The van der Waals surface area contributed by atoms with Crippen LogP contribution in [-0.4, -0.2) is 6.18 Å². The van der Waals surface area contributed by atoms with Gasteiger partial charge in [0, 0.05) is 35.4 Å². The molecule has 0 bridgehead atoms. The van der Waals surface area contributed by atoms with Gasteiger partial charge in [-0.1, -0.05) is 96.0 Å². The van der Waals surface area contributed by atoms with E-state index in [1.54, 1.807) is 13.8 Å². The zero-order valence-electron chi connectivity index (χ0n) is 38.3. The summed E-state index contributed by atoms with van der Waals surface area (Å²) in [7, 11) is 4.25. The summed E-state index contributed by atoms with van der Waals surface area (Å²) >= 11 is 0. The maximum Gasteiger partial charge on any atom is 0.395 e. The lowest BCUT2D eigenvalue weighted by Gasteiger charge is -2.44. The molecular formula is C54H65F3N2+2. The van der Waals surface area contributed by atoms with Gasteiger partial charge < -0.3 is 0 Å². The predicted molar refractivity (Wildman–Crippen MR) is 240 cm³/mol. The van der Waals surface area contributed by atoms with Crippen LogP contribution in [0.1, 0.15) is 104 Å². The van der Waals surface area contributed by atoms with E-state index in [0.29, 0.717) is 6.42 Å². The van der Waals surface area contributed by atoms with Gasteiger partial charge in [0.05, 0.1) is 16.2 Å². The van der Waals surface area contributed by atoms with Crippen molar-refractivity contribution in [3.63, 3.8) is 0 Å². The zero-order chi connectivity index (χ0) is 43.4. The molecule has 0 spiro atoms. The molecule has 2 heterocycles. The zero-order valence-corrected chi connectivity index (χ0v) is 38.3. The van der Waals surface area contributed by atoms with E-state index in [9.17, 15) is 13.2 Å². The third kappa shape index (κ3) is 6.98. The number of pyridine rings is 2. The lowest BCUT2D eigenvalue weighted by Crippen LogP contribution is -2.49. The maximum atomic E-state index is 14.4. The summed E-state index contributed by atoms with van der Waals surface area (Å²) < 4.78 is 47.7. The minimum Gasteiger partial charge on any atom is -0.194 e. The molecule has 0 radical (unpaired) electrons. The molecule has 0 fully saturated rings. The molecule has 1 atom stereocenters. The van der Waals surface area contributed by atoms with Crippen molar-refractivity contribution < 1.29 is 22.3 Å². The maximum absolute atomic E-state index is 14.4. The third-order valence-corrected chi connectivity index (χ3v) is 15.5. The first-order valence-corrected chi connectivity index (χ1v) is 21.4. The molecule has 59 heavy (non-hydrogen) atoms. The second kappa shape index (κ2) is 14.3. The van der Waals surface area contributed by atoms with Gasteiger partial charge in [-0.2, -0.15) is 22.3 Å². The summed E-state index contributed by atoms with van der Waals surface area (Å²) in [5.41, 5.74) is 17.5. The lowest BCUT2D eigenvalue weighted by atomic mass is 9.62. The molecule has 0 saturated carbocycles. The van der Waals surface area contributed by atoms with E-state index in [1.165, 1.54) is 73.6 Å². The average molecular weight is 799 g/mol. The van der Waals surface area contributed by atoms with Gasteiger partial charge in [0.2, 0.25) is 22.4 Å². The Kier molecular flexibility index (Phi) is 10.3. The van der Waals surface area contributed by atoms with E-state index < -0.39 is 17.0 Å². The fourth-order valence-electron chi connectivity index (χ4n) is 10.3. The molecular weight excluding hydrogens is 734 g/mol. The fourth-order valence-corrected chi connectivity index (χ4v) is 10.3. The van der Waals surface area contributed by atoms with Crippen LogP contribution in [0.5, 0.6) is 0 Å². The fraction of sp³-hybridized carbons (Fsp3) is 0.444. The second-order valence-corrected chi connectivity index (χ2v) is 20.5. The number of benzene rings is 4. The molecule has 0 amide bonds. The van der Waals surface area contributed by atoms with Crippen LogP contribution >= 0.6 is 0 Å². The quantitative estimate of drug-likeness (QED) is 0.154. The van der Waals surface area contributed by atoms with Crippen molar-refractivity contribution in [2.45, 2.75) is 122 Å². The molecule has 6 aromatic rings. The van der Waals surface area contributed by atoms with Crippen LogP contribution in [0.4, 0.5) is 13.2 Å². The molecule has 0 N–H and O–H groups in total. The topological polar surface area (TPSA) is 7.76 Å². The van der Waals surface area contributed by atoms with Gasteiger partial charge >= 0.3 is 6.18 Å². The first kappa shape index (κ1) is 42.6. The Morgan fingerprint density at radius 3 is 1.25 bits per heavy atom. The van der Waals surface area contributed by atoms with Crippen molar-refractivity contribution in [1.82, 2.24) is 0 Å². The van der Waals surface area contributed by atoms with Crippen LogP contribution in [0.3, 0.4) is 0 Å². The first-order chi connectivity index (χ1) is 27.3. The molecule has 2 aromatic heterocycles. The largest absolute Gasteiger partial charge is 0.395 e. The van der Waals surface area contributed by atoms with Crippen molar-refractivity contribution in [3.05, 3.63) is 128 Å². The van der Waals surface area contributed by atoms with Crippen molar-refractivity contribution in [2.24, 2.45) is 35.8 Å². The smallest absolute Gasteiger partial charge is 0.194 e. The Bertz CT molecular complexity index is 2670. The summed E-state index contributed by atoms with van der Waals surface area (Å²) in [5.74, 6) is 0. The van der Waals surface area contributed by atoms with Gasteiger partial charge in [-0.15, -0.1) is 0 Å². The van der Waals surface area contributed by atoms with Crippen LogP contribution < -0.4 is 9.13 Å². The number of alkyl halides is 3. The molecule has 1 unspecified atom stereocenters. The van der Waals surface area contributed by atoms with E-state index in [4.69, 9.17) is 0 Å². The summed E-state index contributed by atoms with van der Waals surface area (Å²) in [6.07, 6.45) is -1.66. The second-order valence-electron chi connectivity index (χ2n) is 20.5. The Morgan fingerprint density at radius 1 is 0.475 bits per heavy atom. The van der Waals surface area contributed by atoms with Crippen molar-refractivity contribution in [2.75, 3.05) is 0 Å². The van der Waals surface area contributed by atoms with Crippen LogP contribution in [0.2, 0.25) is 0 Å². The van der Waals surface area contributed by atoms with E-state index >= 15 is 0 Å². The van der Waals surface area contributed by atoms with Crippen LogP contribution in [-0.2, 0) is 39.8 Å². The highest BCUT2D eigenvalue weighted by Crippen LogP contribution is 2.57. The van der Waals surface area contributed by atoms with Gasteiger partial charge in [-0.3, -0.25) is 0 Å². The van der Waals surface area contributed by atoms with Crippen molar-refractivity contribution in [1.29, 1.82) is 0 Å². The van der Waals surface area contributed by atoms with Crippen LogP contribution in [0.25, 0.3) is 44.3 Å². The molecule has 0 saturated heterocycles. The minimum atomic E-state index is -4.28. The number of halogens is 3. The summed E-state index contributed by atoms with van der Waals surface area (Å²) in [5, 5.41) is 2.46. The van der Waals surface area contributed by atoms with Crippen LogP contribution in [0, 0.1) is 63.2 Å². The Hall–Kier alpha value is -4.51. The highest BCUT2D eigenvalue weighted by molar-refractivity contribution is 5.87. The molecule has 2 nitrogen and oxygen atoms in total. The first-order valence-electron chi connectivity index (χ1n) is 21.4. The number of aromatic nitrogens is 2. The standard InChI is InChI=1S/C27H31F3N.C27H34N/c1-16-11-17(2)18(3)21(12-16)23-13-20-14-25(4,5)26(6,27(28,29)30)15-19-9-8-10-22(24(19)20)31(23)7;1-17-12-18(2)19(3)22(13-17)24-14-21-16-27(6,7)26(4,5)15-20-10-9-11-23(25(20)21)28(24)8/h8-13H,14-15H2,1-7H3;9-14H,15-16H2,1-8H3/q2*+1. The van der Waals surface area contributed by atoms with Gasteiger partial charge in [-0.05, 0) is 140 Å². The van der Waals surface area contributed by atoms with E-state index in [2.05, 4.69) is 140 Å². The average Bonchev–Trinajstić information content (AvgIpc) is 3.27. The minimum absolute atomic E-state index is 0.00420. The number of aryl methyl sites for hydroxylation is 6. The summed E-state index contributed by atoms with van der Waals surface area (Å²) in [4.78, 5) is 0. The Labute approximate surface area is 351 Å². The van der Waals surface area contributed by atoms with Gasteiger partial charge in [0.15, 0.2) is 0 Å². The van der Waals surface area contributed by atoms with Crippen LogP contribution in [0.15, 0.2) is 72.8 Å². The number of nitrogens with zero attached hydrogens (tertiary/aromatic N) is 2.